The zero-order valence-electron chi connectivity index (χ0n) is 29.0. The van der Waals surface area contributed by atoms with Crippen LogP contribution in [0.15, 0.2) is 66.7 Å². The molecule has 2 amide bonds. The van der Waals surface area contributed by atoms with E-state index < -0.39 is 12.1 Å². The maximum absolute atomic E-state index is 14.1. The van der Waals surface area contributed by atoms with Crippen molar-refractivity contribution in [1.29, 1.82) is 0 Å². The number of amides is 2. The third-order valence-corrected chi connectivity index (χ3v) is 11.6. The van der Waals surface area contributed by atoms with E-state index in [1.54, 1.807) is 0 Å². The van der Waals surface area contributed by atoms with E-state index in [0.717, 1.165) is 60.2 Å². The van der Waals surface area contributed by atoms with Crippen molar-refractivity contribution in [3.05, 3.63) is 94.5 Å². The van der Waals surface area contributed by atoms with Gasteiger partial charge in [0.25, 0.3) is 5.91 Å². The van der Waals surface area contributed by atoms with E-state index in [1.807, 2.05) is 47.4 Å². The average molecular weight is 664 g/mol. The van der Waals surface area contributed by atoms with E-state index in [2.05, 4.69) is 41.8 Å². The van der Waals surface area contributed by atoms with Crippen LogP contribution in [0.2, 0.25) is 0 Å². The molecule has 2 aliphatic heterocycles. The van der Waals surface area contributed by atoms with Crippen molar-refractivity contribution in [2.45, 2.75) is 121 Å². The second kappa shape index (κ2) is 15.5. The highest BCUT2D eigenvalue weighted by Crippen LogP contribution is 2.42. The van der Waals surface area contributed by atoms with Gasteiger partial charge >= 0.3 is 0 Å². The van der Waals surface area contributed by atoms with Crippen LogP contribution in [0.4, 0.5) is 5.69 Å². The predicted molar refractivity (Wildman–Crippen MR) is 194 cm³/mol. The number of anilines is 1. The van der Waals surface area contributed by atoms with Crippen LogP contribution in [0.1, 0.15) is 122 Å². The quantitative estimate of drug-likeness (QED) is 0.188. The first kappa shape index (κ1) is 33.8. The van der Waals surface area contributed by atoms with Gasteiger partial charge in [-0.3, -0.25) is 9.59 Å². The minimum absolute atomic E-state index is 0.0622. The van der Waals surface area contributed by atoms with Gasteiger partial charge in [-0.1, -0.05) is 75.1 Å². The highest BCUT2D eigenvalue weighted by atomic mass is 16.5. The Hall–Kier alpha value is -3.68. The first-order chi connectivity index (χ1) is 23.9. The number of nitrogens with one attached hydrogen (secondary N) is 2. The van der Waals surface area contributed by atoms with E-state index in [4.69, 9.17) is 4.74 Å². The van der Waals surface area contributed by atoms with Crippen molar-refractivity contribution in [1.82, 2.24) is 10.6 Å². The van der Waals surface area contributed by atoms with Gasteiger partial charge in [0.05, 0.1) is 12.1 Å². The van der Waals surface area contributed by atoms with Crippen LogP contribution in [-0.2, 0) is 17.6 Å². The molecule has 260 valence electrons. The van der Waals surface area contributed by atoms with E-state index >= 15 is 0 Å². The number of aliphatic hydroxyl groups excluding tert-OH is 1. The van der Waals surface area contributed by atoms with Gasteiger partial charge in [0, 0.05) is 48.8 Å². The van der Waals surface area contributed by atoms with Crippen molar-refractivity contribution in [2.24, 2.45) is 5.92 Å². The lowest BCUT2D eigenvalue weighted by molar-refractivity contribution is -0.117. The summed E-state index contributed by atoms with van der Waals surface area (Å²) in [6.45, 7) is 3.20. The molecule has 0 spiro atoms. The molecule has 0 unspecified atom stereocenters. The Balaban J connectivity index is 1.12. The van der Waals surface area contributed by atoms with Crippen molar-refractivity contribution >= 4 is 17.5 Å². The summed E-state index contributed by atoms with van der Waals surface area (Å²) in [6, 6.07) is 22.2. The molecule has 3 aromatic rings. The largest absolute Gasteiger partial charge is 0.490 e. The van der Waals surface area contributed by atoms with Crippen molar-refractivity contribution in [2.75, 3.05) is 18.0 Å². The molecule has 4 atom stereocenters. The number of carbonyl (C=O) groups excluding carboxylic acids is 2. The number of aryl methyl sites for hydroxylation is 1. The predicted octanol–water partition coefficient (Wildman–Crippen LogP) is 7.41. The molecule has 2 heterocycles. The van der Waals surface area contributed by atoms with Gasteiger partial charge in [-0.2, -0.15) is 0 Å². The number of carbonyl (C=O) groups is 2. The van der Waals surface area contributed by atoms with Crippen LogP contribution in [0.3, 0.4) is 0 Å². The number of hydrogen-bond acceptors (Lipinski definition) is 5. The molecule has 7 rings (SSSR count). The summed E-state index contributed by atoms with van der Waals surface area (Å²) >= 11 is 0. The fourth-order valence-corrected chi connectivity index (χ4v) is 8.72. The second-order valence-corrected chi connectivity index (χ2v) is 14.9. The summed E-state index contributed by atoms with van der Waals surface area (Å²) < 4.78 is 6.60. The van der Waals surface area contributed by atoms with Gasteiger partial charge in [-0.05, 0) is 97.7 Å². The lowest BCUT2D eigenvalue weighted by Gasteiger charge is -2.37. The standard InChI is InChI=1S/C42H53N3O4/c1-2-28-18-19-39-35(21-28)36(26-40(49-39)31-15-8-9-16-31)43-27-38(46)37(22-29-11-4-3-5-12-29)44-42(48)33-23-32(30-13-6-7-14-30)24-34(25-33)45-20-10-17-41(45)47/h3-5,11-12,18-19,21,23-25,30-31,36-38,40,43,46H,2,6-10,13-17,20,22,26-27H2,1H3,(H,44,48)/t36-,37-,38+,40-/m0/s1. The van der Waals surface area contributed by atoms with Crippen LogP contribution in [0.25, 0.3) is 0 Å². The van der Waals surface area contributed by atoms with Crippen molar-refractivity contribution in [3.8, 4) is 5.75 Å². The van der Waals surface area contributed by atoms with Crippen molar-refractivity contribution in [3.63, 3.8) is 0 Å². The molecule has 0 bridgehead atoms. The number of hydrogen-bond donors (Lipinski definition) is 3. The maximum Gasteiger partial charge on any atom is 0.251 e. The van der Waals surface area contributed by atoms with Crippen LogP contribution >= 0.6 is 0 Å². The molecule has 1 saturated heterocycles. The Morgan fingerprint density at radius 3 is 2.45 bits per heavy atom. The van der Waals surface area contributed by atoms with Gasteiger partial charge in [0.1, 0.15) is 11.9 Å². The highest BCUT2D eigenvalue weighted by molar-refractivity contribution is 5.99. The first-order valence-electron chi connectivity index (χ1n) is 19.0. The van der Waals surface area contributed by atoms with Gasteiger partial charge in [-0.25, -0.2) is 0 Å². The molecular weight excluding hydrogens is 610 g/mol. The summed E-state index contributed by atoms with van der Waals surface area (Å²) in [5, 5.41) is 18.8. The Labute approximate surface area is 291 Å². The molecular formula is C42H53N3O4. The number of aliphatic hydroxyl groups is 1. The Bertz CT molecular complexity index is 1600. The van der Waals surface area contributed by atoms with Crippen LogP contribution in [0.5, 0.6) is 5.75 Å². The third-order valence-electron chi connectivity index (χ3n) is 11.6. The van der Waals surface area contributed by atoms with Crippen LogP contribution in [0, 0.1) is 5.92 Å². The van der Waals surface area contributed by atoms with E-state index in [9.17, 15) is 14.7 Å². The summed E-state index contributed by atoms with van der Waals surface area (Å²) in [4.78, 5) is 28.7. The number of benzene rings is 3. The SMILES string of the molecule is CCc1ccc2c(c1)[C@@H](NC[C@@H](O)[C@H](Cc1ccccc1)NC(=O)c1cc(C3CCCC3)cc(N3CCCC3=O)c1)C[C@@H](C1CCCC1)O2. The van der Waals surface area contributed by atoms with Gasteiger partial charge in [0.2, 0.25) is 5.91 Å². The first-order valence-corrected chi connectivity index (χ1v) is 19.0. The monoisotopic (exact) mass is 663 g/mol. The molecule has 4 aliphatic rings. The lowest BCUT2D eigenvalue weighted by atomic mass is 9.87. The van der Waals surface area contributed by atoms with Gasteiger partial charge < -0.3 is 25.4 Å². The Kier molecular flexibility index (Phi) is 10.7. The third kappa shape index (κ3) is 7.89. The highest BCUT2D eigenvalue weighted by Gasteiger charge is 2.36. The van der Waals surface area contributed by atoms with E-state index in [-0.39, 0.29) is 24.0 Å². The molecule has 49 heavy (non-hydrogen) atoms. The molecule has 0 aromatic heterocycles. The van der Waals surface area contributed by atoms with Crippen molar-refractivity contribution < 1.29 is 19.4 Å². The summed E-state index contributed by atoms with van der Waals surface area (Å²) in [7, 11) is 0. The fraction of sp³-hybridized carbons (Fsp3) is 0.524. The normalized spacial score (nSPS) is 22.6. The topological polar surface area (TPSA) is 90.9 Å². The minimum atomic E-state index is -0.826. The fourth-order valence-electron chi connectivity index (χ4n) is 8.72. The number of fused-ring (bicyclic) bond motifs is 1. The van der Waals surface area contributed by atoms with Gasteiger partial charge in [-0.15, -0.1) is 0 Å². The molecule has 3 N–H and O–H groups in total. The molecule has 7 heteroatoms. The smallest absolute Gasteiger partial charge is 0.251 e. The average Bonchev–Trinajstić information content (AvgIpc) is 3.94. The summed E-state index contributed by atoms with van der Waals surface area (Å²) in [5.41, 5.74) is 6.01. The minimum Gasteiger partial charge on any atom is -0.490 e. The Morgan fingerprint density at radius 1 is 0.939 bits per heavy atom. The Morgan fingerprint density at radius 2 is 1.71 bits per heavy atom. The number of rotatable bonds is 12. The summed E-state index contributed by atoms with van der Waals surface area (Å²) in [6.07, 6.45) is 12.6. The van der Waals surface area contributed by atoms with Gasteiger partial charge in [0.15, 0.2) is 0 Å². The summed E-state index contributed by atoms with van der Waals surface area (Å²) in [5.74, 6) is 1.84. The maximum atomic E-state index is 14.1. The second-order valence-electron chi connectivity index (χ2n) is 14.9. The molecule has 2 aliphatic carbocycles. The zero-order chi connectivity index (χ0) is 33.7. The molecule has 0 radical (unpaired) electrons. The molecule has 3 aromatic carbocycles. The van der Waals surface area contributed by atoms with Crippen LogP contribution in [-0.4, -0.2) is 48.3 Å². The zero-order valence-corrected chi connectivity index (χ0v) is 29.0. The molecule has 3 fully saturated rings. The lowest BCUT2D eigenvalue weighted by Crippen LogP contribution is -2.49. The van der Waals surface area contributed by atoms with Crippen LogP contribution < -0.4 is 20.3 Å². The number of ether oxygens (including phenoxy) is 1. The number of nitrogens with zero attached hydrogens (tertiary/aromatic N) is 1. The molecule has 7 nitrogen and oxygen atoms in total. The molecule has 2 saturated carbocycles. The van der Waals surface area contributed by atoms with E-state index in [0.29, 0.717) is 43.3 Å². The van der Waals surface area contributed by atoms with E-state index in [1.165, 1.54) is 44.1 Å².